The molecule has 1 atom stereocenters. The van der Waals surface area contributed by atoms with Crippen LogP contribution < -0.4 is 5.32 Å². The van der Waals surface area contributed by atoms with Gasteiger partial charge in [-0.1, -0.05) is 35.5 Å². The number of aromatic amines is 1. The molecule has 84 valence electrons. The Morgan fingerprint density at radius 3 is 2.81 bits per heavy atom. The van der Waals surface area contributed by atoms with Crippen molar-refractivity contribution >= 4 is 0 Å². The molecule has 0 radical (unpaired) electrons. The Hall–Kier alpha value is -1.75. The molecule has 5 nitrogen and oxygen atoms in total. The lowest BCUT2D eigenvalue weighted by Crippen LogP contribution is -2.28. The van der Waals surface area contributed by atoms with Crippen molar-refractivity contribution in [2.75, 3.05) is 0 Å². The fraction of sp³-hybridized carbons (Fsp3) is 0.364. The molecular weight excluding hydrogens is 202 g/mol. The summed E-state index contributed by atoms with van der Waals surface area (Å²) in [4.78, 5) is 0. The molecule has 0 amide bonds. The van der Waals surface area contributed by atoms with Gasteiger partial charge in [0.2, 0.25) is 0 Å². The van der Waals surface area contributed by atoms with Crippen LogP contribution in [0, 0.1) is 0 Å². The van der Waals surface area contributed by atoms with Gasteiger partial charge in [0.05, 0.1) is 6.54 Å². The maximum Gasteiger partial charge on any atom is 0.188 e. The van der Waals surface area contributed by atoms with Crippen molar-refractivity contribution in [2.45, 2.75) is 25.9 Å². The van der Waals surface area contributed by atoms with E-state index in [1.54, 1.807) is 0 Å². The molecule has 2 aromatic rings. The zero-order valence-corrected chi connectivity index (χ0v) is 9.22. The molecule has 0 aliphatic rings. The molecule has 0 saturated carbocycles. The Morgan fingerprint density at radius 1 is 1.31 bits per heavy atom. The maximum atomic E-state index is 3.89. The average Bonchev–Trinajstić information content (AvgIpc) is 2.81. The van der Waals surface area contributed by atoms with Crippen LogP contribution in [0.1, 0.15) is 18.3 Å². The summed E-state index contributed by atoms with van der Waals surface area (Å²) in [5.41, 5.74) is 1.33. The van der Waals surface area contributed by atoms with Crippen molar-refractivity contribution in [3.05, 3.63) is 41.7 Å². The van der Waals surface area contributed by atoms with E-state index in [4.69, 9.17) is 0 Å². The van der Waals surface area contributed by atoms with Crippen LogP contribution in [0.5, 0.6) is 0 Å². The van der Waals surface area contributed by atoms with E-state index in [1.807, 2.05) is 6.07 Å². The second-order valence-corrected chi connectivity index (χ2v) is 3.80. The van der Waals surface area contributed by atoms with E-state index in [9.17, 15) is 0 Å². The average molecular weight is 217 g/mol. The summed E-state index contributed by atoms with van der Waals surface area (Å²) < 4.78 is 0. The Kier molecular flexibility index (Phi) is 3.61. The van der Waals surface area contributed by atoms with Gasteiger partial charge < -0.3 is 5.32 Å². The largest absolute Gasteiger partial charge is 0.307 e. The van der Waals surface area contributed by atoms with Crippen LogP contribution >= 0.6 is 0 Å². The van der Waals surface area contributed by atoms with Gasteiger partial charge in [0.1, 0.15) is 0 Å². The number of aromatic nitrogens is 4. The monoisotopic (exact) mass is 217 g/mol. The summed E-state index contributed by atoms with van der Waals surface area (Å²) in [5, 5.41) is 17.1. The zero-order valence-electron chi connectivity index (χ0n) is 9.22. The lowest BCUT2D eigenvalue weighted by Gasteiger charge is -2.12. The number of nitrogens with zero attached hydrogens (tertiary/aromatic N) is 3. The Labute approximate surface area is 94.3 Å². The van der Waals surface area contributed by atoms with Gasteiger partial charge in [-0.15, -0.1) is 10.2 Å². The first-order chi connectivity index (χ1) is 7.84. The number of nitrogens with one attached hydrogen (secondary N) is 2. The van der Waals surface area contributed by atoms with Crippen LogP contribution in [0.4, 0.5) is 0 Å². The molecule has 1 unspecified atom stereocenters. The van der Waals surface area contributed by atoms with E-state index in [0.29, 0.717) is 18.4 Å². The summed E-state index contributed by atoms with van der Waals surface area (Å²) in [7, 11) is 0. The van der Waals surface area contributed by atoms with E-state index >= 15 is 0 Å². The highest BCUT2D eigenvalue weighted by atomic mass is 15.5. The summed E-state index contributed by atoms with van der Waals surface area (Å²) >= 11 is 0. The molecule has 0 spiro atoms. The minimum absolute atomic E-state index is 0.390. The molecule has 1 heterocycles. The Bertz CT molecular complexity index is 398. The predicted octanol–water partition coefficient (Wildman–Crippen LogP) is 0.920. The second kappa shape index (κ2) is 5.37. The fourth-order valence-electron chi connectivity index (χ4n) is 1.56. The topological polar surface area (TPSA) is 66.5 Å². The molecule has 0 saturated heterocycles. The minimum atomic E-state index is 0.390. The van der Waals surface area contributed by atoms with Crippen molar-refractivity contribution in [2.24, 2.45) is 0 Å². The lowest BCUT2D eigenvalue weighted by molar-refractivity contribution is 0.533. The van der Waals surface area contributed by atoms with Crippen molar-refractivity contribution in [3.63, 3.8) is 0 Å². The van der Waals surface area contributed by atoms with Crippen LogP contribution in [-0.2, 0) is 13.0 Å². The molecule has 0 fully saturated rings. The molecule has 2 N–H and O–H groups in total. The quantitative estimate of drug-likeness (QED) is 0.781. The molecule has 1 aromatic heterocycles. The van der Waals surface area contributed by atoms with E-state index in [1.165, 1.54) is 5.56 Å². The third kappa shape index (κ3) is 3.13. The van der Waals surface area contributed by atoms with E-state index in [-0.39, 0.29) is 0 Å². The lowest BCUT2D eigenvalue weighted by atomic mass is 10.1. The zero-order chi connectivity index (χ0) is 11.2. The van der Waals surface area contributed by atoms with Gasteiger partial charge in [-0.05, 0) is 18.9 Å². The van der Waals surface area contributed by atoms with Gasteiger partial charge >= 0.3 is 0 Å². The van der Waals surface area contributed by atoms with E-state index in [0.717, 1.165) is 6.42 Å². The van der Waals surface area contributed by atoms with Crippen LogP contribution in [-0.4, -0.2) is 26.7 Å². The number of H-pyrrole nitrogens is 1. The molecule has 1 aromatic carbocycles. The van der Waals surface area contributed by atoms with Gasteiger partial charge in [-0.2, -0.15) is 5.21 Å². The first-order valence-electron chi connectivity index (χ1n) is 5.34. The number of benzene rings is 1. The van der Waals surface area contributed by atoms with E-state index < -0.39 is 0 Å². The molecule has 5 heteroatoms. The Balaban J connectivity index is 1.78. The molecule has 0 aliphatic heterocycles. The maximum absolute atomic E-state index is 3.89. The number of tetrazole rings is 1. The third-order valence-corrected chi connectivity index (χ3v) is 2.38. The van der Waals surface area contributed by atoms with E-state index in [2.05, 4.69) is 57.1 Å². The highest BCUT2D eigenvalue weighted by molar-refractivity contribution is 5.15. The summed E-state index contributed by atoms with van der Waals surface area (Å²) in [6.07, 6.45) is 0.999. The highest BCUT2D eigenvalue weighted by Gasteiger charge is 2.04. The predicted molar refractivity (Wildman–Crippen MR) is 60.6 cm³/mol. The molecule has 2 rings (SSSR count). The fourth-order valence-corrected chi connectivity index (χ4v) is 1.56. The smallest absolute Gasteiger partial charge is 0.188 e. The van der Waals surface area contributed by atoms with Crippen LogP contribution in [0.15, 0.2) is 30.3 Å². The van der Waals surface area contributed by atoms with Gasteiger partial charge in [-0.3, -0.25) is 0 Å². The molecule has 0 bridgehead atoms. The normalized spacial score (nSPS) is 12.6. The Morgan fingerprint density at radius 2 is 2.12 bits per heavy atom. The number of hydrogen-bond donors (Lipinski definition) is 2. The molecule has 0 aliphatic carbocycles. The van der Waals surface area contributed by atoms with Gasteiger partial charge in [0, 0.05) is 6.04 Å². The SMILES string of the molecule is CC(Cc1ccccc1)NCc1nn[nH]n1. The number of hydrogen-bond acceptors (Lipinski definition) is 4. The van der Waals surface area contributed by atoms with Crippen LogP contribution in [0.25, 0.3) is 0 Å². The van der Waals surface area contributed by atoms with Gasteiger partial charge in [0.25, 0.3) is 0 Å². The van der Waals surface area contributed by atoms with Crippen molar-refractivity contribution < 1.29 is 0 Å². The van der Waals surface area contributed by atoms with Crippen LogP contribution in [0.2, 0.25) is 0 Å². The summed E-state index contributed by atoms with van der Waals surface area (Å²) in [5.74, 6) is 0.694. The highest BCUT2D eigenvalue weighted by Crippen LogP contribution is 2.02. The van der Waals surface area contributed by atoms with Crippen molar-refractivity contribution in [1.29, 1.82) is 0 Å². The summed E-state index contributed by atoms with van der Waals surface area (Å²) in [6, 6.07) is 10.8. The number of rotatable bonds is 5. The standard InChI is InChI=1S/C11H15N5/c1-9(7-10-5-3-2-4-6-10)12-8-11-13-15-16-14-11/h2-6,9,12H,7-8H2,1H3,(H,13,14,15,16). The van der Waals surface area contributed by atoms with Gasteiger partial charge in [0.15, 0.2) is 5.82 Å². The third-order valence-electron chi connectivity index (χ3n) is 2.38. The summed E-state index contributed by atoms with van der Waals surface area (Å²) in [6.45, 7) is 2.79. The van der Waals surface area contributed by atoms with Crippen molar-refractivity contribution in [3.8, 4) is 0 Å². The first-order valence-corrected chi connectivity index (χ1v) is 5.34. The molecule has 16 heavy (non-hydrogen) atoms. The van der Waals surface area contributed by atoms with Crippen molar-refractivity contribution in [1.82, 2.24) is 25.9 Å². The second-order valence-electron chi connectivity index (χ2n) is 3.80. The minimum Gasteiger partial charge on any atom is -0.307 e. The first kappa shape index (κ1) is 10.8. The molecular formula is C11H15N5. The van der Waals surface area contributed by atoms with Gasteiger partial charge in [-0.25, -0.2) is 0 Å². The van der Waals surface area contributed by atoms with Crippen LogP contribution in [0.3, 0.4) is 0 Å².